The Hall–Kier alpha value is -1.10. The monoisotopic (exact) mass is 339 g/mol. The Morgan fingerprint density at radius 3 is 2.52 bits per heavy atom. The number of hydrogen-bond acceptors (Lipinski definition) is 3. The lowest BCUT2D eigenvalue weighted by Gasteiger charge is -2.32. The summed E-state index contributed by atoms with van der Waals surface area (Å²) in [6, 6.07) is 10.2. The number of amides is 1. The summed E-state index contributed by atoms with van der Waals surface area (Å²) in [7, 11) is 3.91. The van der Waals surface area contributed by atoms with Crippen molar-refractivity contribution >= 4 is 18.3 Å². The Labute approximate surface area is 146 Å². The van der Waals surface area contributed by atoms with Crippen molar-refractivity contribution in [1.29, 1.82) is 0 Å². The Balaban J connectivity index is 0.00000264. The summed E-state index contributed by atoms with van der Waals surface area (Å²) >= 11 is 0. The van der Waals surface area contributed by atoms with Crippen molar-refractivity contribution in [3.63, 3.8) is 0 Å². The molecule has 1 aliphatic heterocycles. The third-order valence-corrected chi connectivity index (χ3v) is 4.56. The molecule has 1 fully saturated rings. The minimum atomic E-state index is 0. The number of nitrogens with zero attached hydrogens (tertiary/aromatic N) is 2. The zero-order chi connectivity index (χ0) is 15.8. The van der Waals surface area contributed by atoms with Gasteiger partial charge in [-0.1, -0.05) is 30.3 Å². The van der Waals surface area contributed by atoms with Crippen molar-refractivity contribution in [2.75, 3.05) is 40.3 Å². The number of carbonyl (C=O) groups is 1. The highest BCUT2D eigenvalue weighted by Crippen LogP contribution is 2.19. The Kier molecular flexibility index (Phi) is 9.22. The molecule has 2 rings (SSSR count). The molecule has 0 bridgehead atoms. The molecule has 1 aromatic carbocycles. The zero-order valence-electron chi connectivity index (χ0n) is 14.3. The number of rotatable bonds is 7. The predicted octanol–water partition coefficient (Wildman–Crippen LogP) is 2.39. The second-order valence-corrected chi connectivity index (χ2v) is 6.35. The van der Waals surface area contributed by atoms with Crippen molar-refractivity contribution in [3.05, 3.63) is 35.9 Å². The van der Waals surface area contributed by atoms with Crippen LogP contribution in [0.25, 0.3) is 0 Å². The smallest absolute Gasteiger partial charge is 0.236 e. The first-order chi connectivity index (χ1) is 10.7. The molecule has 0 unspecified atom stereocenters. The van der Waals surface area contributed by atoms with Crippen LogP contribution >= 0.6 is 12.4 Å². The molecule has 0 saturated carbocycles. The van der Waals surface area contributed by atoms with Crippen LogP contribution in [0, 0.1) is 5.92 Å². The molecule has 1 heterocycles. The van der Waals surface area contributed by atoms with Gasteiger partial charge in [0, 0.05) is 13.6 Å². The van der Waals surface area contributed by atoms with Gasteiger partial charge in [-0.3, -0.25) is 9.69 Å². The van der Waals surface area contributed by atoms with Gasteiger partial charge in [-0.2, -0.15) is 0 Å². The van der Waals surface area contributed by atoms with Crippen LogP contribution in [0.2, 0.25) is 0 Å². The van der Waals surface area contributed by atoms with Gasteiger partial charge in [0.05, 0.1) is 6.54 Å². The average Bonchev–Trinajstić information content (AvgIpc) is 2.55. The maximum Gasteiger partial charge on any atom is 0.236 e. The molecule has 0 atom stereocenters. The Morgan fingerprint density at radius 2 is 1.91 bits per heavy atom. The van der Waals surface area contributed by atoms with E-state index in [1.165, 1.54) is 24.8 Å². The van der Waals surface area contributed by atoms with E-state index in [0.717, 1.165) is 25.6 Å². The SMILES string of the molecule is CNCCC1CCN(CC(=O)N(C)Cc2ccccc2)CC1.Cl. The Morgan fingerprint density at radius 1 is 1.26 bits per heavy atom. The number of halogens is 1. The van der Waals surface area contributed by atoms with E-state index in [2.05, 4.69) is 22.3 Å². The van der Waals surface area contributed by atoms with Gasteiger partial charge in [0.1, 0.15) is 0 Å². The van der Waals surface area contributed by atoms with Crippen LogP contribution in [0.15, 0.2) is 30.3 Å². The largest absolute Gasteiger partial charge is 0.340 e. The fourth-order valence-electron chi connectivity index (χ4n) is 3.04. The zero-order valence-corrected chi connectivity index (χ0v) is 15.1. The molecule has 0 aliphatic carbocycles. The van der Waals surface area contributed by atoms with E-state index in [4.69, 9.17) is 0 Å². The minimum Gasteiger partial charge on any atom is -0.340 e. The van der Waals surface area contributed by atoms with Crippen LogP contribution in [-0.4, -0.2) is 56.0 Å². The van der Waals surface area contributed by atoms with Crippen LogP contribution in [0.3, 0.4) is 0 Å². The Bertz CT molecular complexity index is 447. The van der Waals surface area contributed by atoms with Gasteiger partial charge in [0.2, 0.25) is 5.91 Å². The molecule has 1 saturated heterocycles. The molecule has 1 N–H and O–H groups in total. The molecular weight excluding hydrogens is 310 g/mol. The summed E-state index contributed by atoms with van der Waals surface area (Å²) in [4.78, 5) is 16.5. The van der Waals surface area contributed by atoms with Crippen LogP contribution in [0.4, 0.5) is 0 Å². The normalized spacial score (nSPS) is 15.9. The number of likely N-dealkylation sites (tertiary alicyclic amines) is 1. The van der Waals surface area contributed by atoms with Crippen molar-refractivity contribution in [2.24, 2.45) is 5.92 Å². The lowest BCUT2D eigenvalue weighted by atomic mass is 9.93. The average molecular weight is 340 g/mol. The van der Waals surface area contributed by atoms with E-state index in [9.17, 15) is 4.79 Å². The summed E-state index contributed by atoms with van der Waals surface area (Å²) in [6.45, 7) is 4.46. The maximum absolute atomic E-state index is 12.3. The van der Waals surface area contributed by atoms with E-state index in [-0.39, 0.29) is 18.3 Å². The first-order valence-corrected chi connectivity index (χ1v) is 8.34. The molecule has 1 amide bonds. The quantitative estimate of drug-likeness (QED) is 0.828. The summed E-state index contributed by atoms with van der Waals surface area (Å²) < 4.78 is 0. The molecule has 4 nitrogen and oxygen atoms in total. The lowest BCUT2D eigenvalue weighted by Crippen LogP contribution is -2.42. The molecule has 1 aromatic rings. The highest BCUT2D eigenvalue weighted by Gasteiger charge is 2.21. The summed E-state index contributed by atoms with van der Waals surface area (Å²) in [5, 5.41) is 3.22. The van der Waals surface area contributed by atoms with Crippen LogP contribution < -0.4 is 5.32 Å². The van der Waals surface area contributed by atoms with E-state index < -0.39 is 0 Å². The van der Waals surface area contributed by atoms with Gasteiger partial charge in [0.25, 0.3) is 0 Å². The van der Waals surface area contributed by atoms with Gasteiger partial charge >= 0.3 is 0 Å². The highest BCUT2D eigenvalue weighted by molar-refractivity contribution is 5.85. The van der Waals surface area contributed by atoms with Gasteiger partial charge < -0.3 is 10.2 Å². The predicted molar refractivity (Wildman–Crippen MR) is 97.9 cm³/mol. The maximum atomic E-state index is 12.3. The number of likely N-dealkylation sites (N-methyl/N-ethyl adjacent to an activating group) is 1. The lowest BCUT2D eigenvalue weighted by molar-refractivity contribution is -0.132. The summed E-state index contributed by atoms with van der Waals surface area (Å²) in [5.74, 6) is 1.04. The molecular formula is C18H30ClN3O. The molecule has 0 spiro atoms. The molecule has 0 aromatic heterocycles. The van der Waals surface area contributed by atoms with Gasteiger partial charge in [-0.05, 0) is 57.4 Å². The minimum absolute atomic E-state index is 0. The number of nitrogens with one attached hydrogen (secondary N) is 1. The molecule has 5 heteroatoms. The number of piperidine rings is 1. The first kappa shape index (κ1) is 19.9. The third kappa shape index (κ3) is 6.90. The standard InChI is InChI=1S/C18H29N3O.ClH/c1-19-11-8-16-9-12-21(13-10-16)15-18(22)20(2)14-17-6-4-3-5-7-17;/h3-7,16,19H,8-15H2,1-2H3;1H. The summed E-state index contributed by atoms with van der Waals surface area (Å²) in [5.41, 5.74) is 1.18. The van der Waals surface area contributed by atoms with Gasteiger partial charge in [0.15, 0.2) is 0 Å². The van der Waals surface area contributed by atoms with E-state index in [1.807, 2.05) is 37.2 Å². The van der Waals surface area contributed by atoms with Crippen molar-refractivity contribution in [3.8, 4) is 0 Å². The van der Waals surface area contributed by atoms with Crippen LogP contribution in [0.5, 0.6) is 0 Å². The molecule has 0 radical (unpaired) electrons. The second-order valence-electron chi connectivity index (χ2n) is 6.35. The van der Waals surface area contributed by atoms with Gasteiger partial charge in [-0.15, -0.1) is 12.4 Å². The van der Waals surface area contributed by atoms with Crippen LogP contribution in [0.1, 0.15) is 24.8 Å². The van der Waals surface area contributed by atoms with E-state index >= 15 is 0 Å². The van der Waals surface area contributed by atoms with Crippen molar-refractivity contribution in [1.82, 2.24) is 15.1 Å². The van der Waals surface area contributed by atoms with Crippen LogP contribution in [-0.2, 0) is 11.3 Å². The number of hydrogen-bond donors (Lipinski definition) is 1. The van der Waals surface area contributed by atoms with E-state index in [0.29, 0.717) is 13.1 Å². The highest BCUT2D eigenvalue weighted by atomic mass is 35.5. The van der Waals surface area contributed by atoms with Crippen molar-refractivity contribution in [2.45, 2.75) is 25.8 Å². The number of benzene rings is 1. The third-order valence-electron chi connectivity index (χ3n) is 4.56. The first-order valence-electron chi connectivity index (χ1n) is 8.34. The van der Waals surface area contributed by atoms with Gasteiger partial charge in [-0.25, -0.2) is 0 Å². The topological polar surface area (TPSA) is 35.6 Å². The van der Waals surface area contributed by atoms with E-state index in [1.54, 1.807) is 0 Å². The summed E-state index contributed by atoms with van der Waals surface area (Å²) in [6.07, 6.45) is 3.70. The molecule has 1 aliphatic rings. The molecule has 130 valence electrons. The second kappa shape index (κ2) is 10.6. The molecule has 23 heavy (non-hydrogen) atoms. The fourth-order valence-corrected chi connectivity index (χ4v) is 3.04. The van der Waals surface area contributed by atoms with Crippen molar-refractivity contribution < 1.29 is 4.79 Å². The number of carbonyl (C=O) groups excluding carboxylic acids is 1. The fraction of sp³-hybridized carbons (Fsp3) is 0.611.